The number of sulfonamides is 1. The molecule has 0 spiro atoms. The van der Waals surface area contributed by atoms with Crippen LogP contribution < -0.4 is 9.62 Å². The van der Waals surface area contributed by atoms with Gasteiger partial charge in [0.25, 0.3) is 15.9 Å². The second kappa shape index (κ2) is 10.1. The van der Waals surface area contributed by atoms with E-state index in [1.807, 2.05) is 36.4 Å². The van der Waals surface area contributed by atoms with Gasteiger partial charge in [-0.1, -0.05) is 55.8 Å². The van der Waals surface area contributed by atoms with Crippen LogP contribution in [0.1, 0.15) is 29.3 Å². The Labute approximate surface area is 195 Å². The van der Waals surface area contributed by atoms with Gasteiger partial charge in [-0.25, -0.2) is 8.42 Å². The lowest BCUT2D eigenvalue weighted by Gasteiger charge is -2.36. The molecule has 0 aromatic heterocycles. The molecule has 172 valence electrons. The molecular weight excluding hydrogens is 434 g/mol. The number of hydrogen-bond donors (Lipinski definition) is 1. The number of carbonyl (C=O) groups excluding carboxylic acids is 1. The molecule has 3 aromatic carbocycles. The molecule has 0 saturated carbocycles. The fourth-order valence-corrected chi connectivity index (χ4v) is 5.24. The molecule has 7 heteroatoms. The summed E-state index contributed by atoms with van der Waals surface area (Å²) in [7, 11) is -3.81. The number of amides is 1. The molecule has 4 rings (SSSR count). The molecule has 1 amide bonds. The van der Waals surface area contributed by atoms with E-state index < -0.39 is 10.0 Å². The first kappa shape index (κ1) is 22.9. The van der Waals surface area contributed by atoms with Crippen LogP contribution in [0.5, 0.6) is 0 Å². The fraction of sp³-hybridized carbons (Fsp3) is 0.269. The highest BCUT2D eigenvalue weighted by Crippen LogP contribution is 2.23. The lowest BCUT2D eigenvalue weighted by atomic mass is 10.1. The summed E-state index contributed by atoms with van der Waals surface area (Å²) in [5.74, 6) is -0.147. The van der Waals surface area contributed by atoms with Crippen LogP contribution in [-0.4, -0.2) is 45.4 Å². The van der Waals surface area contributed by atoms with Crippen LogP contribution in [0.3, 0.4) is 0 Å². The largest absolute Gasteiger partial charge is 0.368 e. The highest BCUT2D eigenvalue weighted by Gasteiger charge is 2.24. The van der Waals surface area contributed by atoms with Crippen molar-refractivity contribution in [2.45, 2.75) is 24.7 Å². The van der Waals surface area contributed by atoms with Gasteiger partial charge in [0.2, 0.25) is 0 Å². The number of nitrogens with zero attached hydrogens (tertiary/aromatic N) is 2. The number of carbonyl (C=O) groups is 1. The standard InChI is InChI=1S/C26H29N3O3S/c1-2-9-21-10-6-7-15-25(21)27-33(31,32)24-14-8-11-22(20-24)26(30)29-18-16-28(17-19-29)23-12-4-3-5-13-23/h3-8,10-15,20,27H,2,9,16-19H2,1H3. The van der Waals surface area contributed by atoms with Crippen molar-refractivity contribution in [1.82, 2.24) is 4.90 Å². The molecule has 1 heterocycles. The first-order valence-electron chi connectivity index (χ1n) is 11.3. The van der Waals surface area contributed by atoms with E-state index >= 15 is 0 Å². The van der Waals surface area contributed by atoms with Crippen molar-refractivity contribution in [2.24, 2.45) is 0 Å². The molecule has 0 unspecified atom stereocenters. The van der Waals surface area contributed by atoms with Crippen molar-refractivity contribution >= 4 is 27.3 Å². The lowest BCUT2D eigenvalue weighted by Crippen LogP contribution is -2.48. The molecule has 33 heavy (non-hydrogen) atoms. The van der Waals surface area contributed by atoms with Gasteiger partial charge in [-0.15, -0.1) is 0 Å². The third kappa shape index (κ3) is 5.37. The Morgan fingerprint density at radius 2 is 1.58 bits per heavy atom. The number of para-hydroxylation sites is 2. The first-order valence-corrected chi connectivity index (χ1v) is 12.8. The summed E-state index contributed by atoms with van der Waals surface area (Å²) in [5, 5.41) is 0. The molecule has 0 bridgehead atoms. The number of benzene rings is 3. The second-order valence-electron chi connectivity index (χ2n) is 8.16. The number of piperazine rings is 1. The van der Waals surface area contributed by atoms with Crippen LogP contribution >= 0.6 is 0 Å². The average molecular weight is 464 g/mol. The predicted octanol–water partition coefficient (Wildman–Crippen LogP) is 4.40. The number of hydrogen-bond acceptors (Lipinski definition) is 4. The smallest absolute Gasteiger partial charge is 0.261 e. The van der Waals surface area contributed by atoms with Gasteiger partial charge < -0.3 is 9.80 Å². The van der Waals surface area contributed by atoms with Crippen molar-refractivity contribution in [3.63, 3.8) is 0 Å². The molecular formula is C26H29N3O3S. The van der Waals surface area contributed by atoms with Gasteiger partial charge in [0.15, 0.2) is 0 Å². The maximum atomic E-state index is 13.1. The molecule has 0 atom stereocenters. The van der Waals surface area contributed by atoms with Gasteiger partial charge in [0.1, 0.15) is 0 Å². The van der Waals surface area contributed by atoms with Crippen molar-refractivity contribution < 1.29 is 13.2 Å². The fourth-order valence-electron chi connectivity index (χ4n) is 4.10. The summed E-state index contributed by atoms with van der Waals surface area (Å²) in [6.45, 7) is 4.72. The number of anilines is 2. The van der Waals surface area contributed by atoms with Crippen LogP contribution in [0.4, 0.5) is 11.4 Å². The Kier molecular flexibility index (Phi) is 6.99. The Bertz CT molecular complexity index is 1200. The summed E-state index contributed by atoms with van der Waals surface area (Å²) in [4.78, 5) is 17.2. The highest BCUT2D eigenvalue weighted by atomic mass is 32.2. The van der Waals surface area contributed by atoms with Crippen LogP contribution in [0.2, 0.25) is 0 Å². The zero-order valence-electron chi connectivity index (χ0n) is 18.8. The van der Waals surface area contributed by atoms with Crippen LogP contribution in [0.25, 0.3) is 0 Å². The molecule has 1 fully saturated rings. The number of nitrogens with one attached hydrogen (secondary N) is 1. The molecule has 1 N–H and O–H groups in total. The van der Waals surface area contributed by atoms with E-state index in [0.29, 0.717) is 24.3 Å². The van der Waals surface area contributed by atoms with Gasteiger partial charge in [0, 0.05) is 37.4 Å². The lowest BCUT2D eigenvalue weighted by molar-refractivity contribution is 0.0746. The zero-order chi connectivity index (χ0) is 23.3. The minimum Gasteiger partial charge on any atom is -0.368 e. The van der Waals surface area contributed by atoms with Crippen molar-refractivity contribution in [3.05, 3.63) is 90.0 Å². The van der Waals surface area contributed by atoms with E-state index in [2.05, 4.69) is 28.7 Å². The number of aryl methyl sites for hydroxylation is 1. The van der Waals surface area contributed by atoms with Gasteiger partial charge in [-0.3, -0.25) is 9.52 Å². The monoisotopic (exact) mass is 463 g/mol. The molecule has 6 nitrogen and oxygen atoms in total. The summed E-state index contributed by atoms with van der Waals surface area (Å²) < 4.78 is 28.8. The molecule has 1 saturated heterocycles. The van der Waals surface area contributed by atoms with Crippen LogP contribution in [0.15, 0.2) is 83.8 Å². The normalized spacial score (nSPS) is 14.2. The predicted molar refractivity (Wildman–Crippen MR) is 132 cm³/mol. The Balaban J connectivity index is 1.47. The van der Waals surface area contributed by atoms with Gasteiger partial charge in [0.05, 0.1) is 10.6 Å². The summed E-state index contributed by atoms with van der Waals surface area (Å²) in [5.41, 5.74) is 3.06. The van der Waals surface area contributed by atoms with E-state index in [4.69, 9.17) is 0 Å². The topological polar surface area (TPSA) is 69.7 Å². The van der Waals surface area contributed by atoms with Crippen LogP contribution in [0, 0.1) is 0 Å². The Morgan fingerprint density at radius 1 is 0.879 bits per heavy atom. The molecule has 0 aliphatic carbocycles. The van der Waals surface area contributed by atoms with Crippen LogP contribution in [-0.2, 0) is 16.4 Å². The highest BCUT2D eigenvalue weighted by molar-refractivity contribution is 7.92. The third-order valence-corrected chi connectivity index (χ3v) is 7.22. The quantitative estimate of drug-likeness (QED) is 0.564. The van der Waals surface area contributed by atoms with Crippen molar-refractivity contribution in [2.75, 3.05) is 35.8 Å². The third-order valence-electron chi connectivity index (χ3n) is 5.86. The second-order valence-corrected chi connectivity index (χ2v) is 9.84. The molecule has 3 aromatic rings. The van der Waals surface area contributed by atoms with E-state index in [1.54, 1.807) is 23.1 Å². The summed E-state index contributed by atoms with van der Waals surface area (Å²) >= 11 is 0. The Morgan fingerprint density at radius 3 is 2.30 bits per heavy atom. The van der Waals surface area contributed by atoms with Gasteiger partial charge in [-0.05, 0) is 48.4 Å². The van der Waals surface area contributed by atoms with Crippen molar-refractivity contribution in [1.29, 1.82) is 0 Å². The van der Waals surface area contributed by atoms with E-state index in [9.17, 15) is 13.2 Å². The minimum atomic E-state index is -3.81. The minimum absolute atomic E-state index is 0.0857. The maximum Gasteiger partial charge on any atom is 0.261 e. The SMILES string of the molecule is CCCc1ccccc1NS(=O)(=O)c1cccc(C(=O)N2CCN(c3ccccc3)CC2)c1. The molecule has 1 aliphatic rings. The molecule has 1 aliphatic heterocycles. The van der Waals surface area contributed by atoms with Gasteiger partial charge in [-0.2, -0.15) is 0 Å². The summed E-state index contributed by atoms with van der Waals surface area (Å²) in [6.07, 6.45) is 1.70. The number of rotatable bonds is 7. The van der Waals surface area contributed by atoms with Gasteiger partial charge >= 0.3 is 0 Å². The first-order chi connectivity index (χ1) is 16.0. The summed E-state index contributed by atoms with van der Waals surface area (Å²) in [6, 6.07) is 23.8. The van der Waals surface area contributed by atoms with E-state index in [0.717, 1.165) is 37.2 Å². The van der Waals surface area contributed by atoms with E-state index in [1.165, 1.54) is 12.1 Å². The Hall–Kier alpha value is -3.32. The maximum absolute atomic E-state index is 13.1. The van der Waals surface area contributed by atoms with E-state index in [-0.39, 0.29) is 10.8 Å². The molecule has 0 radical (unpaired) electrons. The average Bonchev–Trinajstić information content (AvgIpc) is 2.85. The zero-order valence-corrected chi connectivity index (χ0v) is 19.6. The van der Waals surface area contributed by atoms with Crippen molar-refractivity contribution in [3.8, 4) is 0 Å².